The Morgan fingerprint density at radius 3 is 2.42 bits per heavy atom. The molecule has 11 atom stereocenters. The number of hydrogen-bond donors (Lipinski definition) is 4. The molecule has 4 amide bonds. The zero-order valence-corrected chi connectivity index (χ0v) is 48.6. The molecule has 6 aliphatic rings. The van der Waals surface area contributed by atoms with Crippen LogP contribution in [-0.4, -0.2) is 123 Å². The first-order valence-electron chi connectivity index (χ1n) is 29.1. The third-order valence-corrected chi connectivity index (χ3v) is 20.6. The van der Waals surface area contributed by atoms with E-state index < -0.39 is 23.5 Å². The molecule has 18 heteroatoms. The number of allylic oxidation sites excluding steroid dienone is 4. The molecule has 1 aliphatic heterocycles. The van der Waals surface area contributed by atoms with E-state index in [1.165, 1.54) is 40.4 Å². The Hall–Kier alpha value is -5.51. The van der Waals surface area contributed by atoms with E-state index in [2.05, 4.69) is 29.5 Å². The summed E-state index contributed by atoms with van der Waals surface area (Å²) in [6.45, 7) is 14.1. The number of nitrogens with one attached hydrogen (secondary N) is 2. The number of nitriles is 1. The van der Waals surface area contributed by atoms with E-state index in [0.717, 1.165) is 32.1 Å². The van der Waals surface area contributed by atoms with Gasteiger partial charge in [0, 0.05) is 86.3 Å². The first kappa shape index (κ1) is 59.6. The Morgan fingerprint density at radius 2 is 1.67 bits per heavy atom. The number of amides is 4. The molecule has 0 radical (unpaired) electrons. The smallest absolute Gasteiger partial charge is 0.415 e. The van der Waals surface area contributed by atoms with Gasteiger partial charge in [-0.05, 0) is 164 Å². The normalized spacial score (nSPS) is 27.9. The zero-order chi connectivity index (χ0) is 57.1. The number of fused-ring (bicyclic) bond motifs is 5. The largest absolute Gasteiger partial charge is 0.480 e. The van der Waals surface area contributed by atoms with Gasteiger partial charge in [0.05, 0.1) is 22.4 Å². The predicted molar refractivity (Wildman–Crippen MR) is 298 cm³/mol. The summed E-state index contributed by atoms with van der Waals surface area (Å²) in [5, 5.41) is 35.7. The second-order valence-electron chi connectivity index (χ2n) is 25.0. The Kier molecular flexibility index (Phi) is 18.6. The number of benzene rings is 1. The van der Waals surface area contributed by atoms with Crippen molar-refractivity contribution in [3.63, 3.8) is 0 Å². The molecule has 2 aromatic rings. The average Bonchev–Trinajstić information content (AvgIpc) is 2.50. The number of carboxylic acid groups (broad SMARTS) is 1. The highest BCUT2D eigenvalue weighted by Crippen LogP contribution is 2.72. The number of ether oxygens (including phenoxy) is 2. The summed E-state index contributed by atoms with van der Waals surface area (Å²) in [7, 11) is 1.63. The van der Waals surface area contributed by atoms with Crippen molar-refractivity contribution >= 4 is 62.9 Å². The lowest BCUT2D eigenvalue weighted by Crippen LogP contribution is -2.54. The number of carbonyl (C=O) groups is 7. The third kappa shape index (κ3) is 12.8. The summed E-state index contributed by atoms with van der Waals surface area (Å²) in [6, 6.07) is 5.95. The highest BCUT2D eigenvalue weighted by Gasteiger charge is 2.75. The van der Waals surface area contributed by atoms with E-state index in [4.69, 9.17) is 9.47 Å². The van der Waals surface area contributed by atoms with Crippen molar-refractivity contribution < 1.29 is 53.2 Å². The van der Waals surface area contributed by atoms with Gasteiger partial charge in [-0.2, -0.15) is 5.26 Å². The lowest BCUT2D eigenvalue weighted by atomic mass is 9.46. The molecule has 1 spiro atoms. The molecule has 1 saturated heterocycles. The summed E-state index contributed by atoms with van der Waals surface area (Å²) >= 11 is 1.18. The van der Waals surface area contributed by atoms with Crippen LogP contribution in [0.2, 0.25) is 0 Å². The average molecular weight is 1110 g/mol. The first-order valence-corrected chi connectivity index (χ1v) is 29.9. The Morgan fingerprint density at radius 1 is 0.911 bits per heavy atom. The number of carbonyl (C=O) groups excluding carboxylic acids is 6. The van der Waals surface area contributed by atoms with Crippen molar-refractivity contribution in [2.45, 2.75) is 188 Å². The maximum atomic E-state index is 13.7. The molecular weight excluding hydrogens is 1020 g/mol. The van der Waals surface area contributed by atoms with Crippen molar-refractivity contribution in [3.8, 4) is 11.8 Å². The van der Waals surface area contributed by atoms with Crippen molar-refractivity contribution in [2.24, 2.45) is 46.3 Å². The summed E-state index contributed by atoms with van der Waals surface area (Å²) in [5.74, 6) is 1.27. The molecule has 8 rings (SSSR count). The SMILES string of the molecule is CC1=C(C)C(=O)C(C(C)(C)CC(=O)N(C)CCN(CCCCCC(=O)NCCCCC(NC(=O)CC[C@@H](C)[C@H]2CC[C@H]3[C@@H]4CC[C@@H]5C[C@H](O)CC[C@]5(C)[C@H]4C[C@@H]4O[C@@]423)C(=O)O)C(=O)Oc2ccc3nc(C#N)sc3c2)=C(C)C1=O. The van der Waals surface area contributed by atoms with E-state index in [0.29, 0.717) is 107 Å². The van der Waals surface area contributed by atoms with Crippen LogP contribution < -0.4 is 15.4 Å². The fourth-order valence-corrected chi connectivity index (χ4v) is 15.8. The summed E-state index contributed by atoms with van der Waals surface area (Å²) < 4.78 is 13.2. The zero-order valence-electron chi connectivity index (χ0n) is 47.8. The topological polar surface area (TPSA) is 249 Å². The number of Topliss-reactive ketones (excluding diaryl/α,β-unsaturated/α-hetero) is 2. The first-order chi connectivity index (χ1) is 37.5. The predicted octanol–water partition coefficient (Wildman–Crippen LogP) is 9.24. The monoisotopic (exact) mass is 1110 g/mol. The second kappa shape index (κ2) is 24.7. The van der Waals surface area contributed by atoms with Gasteiger partial charge in [0.15, 0.2) is 16.6 Å². The number of carboxylic acids is 1. The van der Waals surface area contributed by atoms with Gasteiger partial charge in [0.1, 0.15) is 23.5 Å². The lowest BCUT2D eigenvalue weighted by molar-refractivity contribution is -0.142. The molecule has 5 fully saturated rings. The number of nitrogens with zero attached hydrogens (tertiary/aromatic N) is 4. The van der Waals surface area contributed by atoms with Crippen LogP contribution in [0.1, 0.15) is 169 Å². The Labute approximate surface area is 469 Å². The van der Waals surface area contributed by atoms with Gasteiger partial charge in [-0.3, -0.25) is 24.0 Å². The molecule has 2 heterocycles. The van der Waals surface area contributed by atoms with E-state index in [-0.39, 0.29) is 115 Å². The number of unbranched alkanes of at least 4 members (excludes halogenated alkanes) is 3. The molecule has 1 aromatic heterocycles. The maximum Gasteiger partial charge on any atom is 0.415 e. The summed E-state index contributed by atoms with van der Waals surface area (Å²) in [5.41, 5.74) is 1.35. The van der Waals surface area contributed by atoms with Gasteiger partial charge in [-0.1, -0.05) is 34.1 Å². The van der Waals surface area contributed by atoms with Crippen LogP contribution in [0.25, 0.3) is 10.2 Å². The highest BCUT2D eigenvalue weighted by atomic mass is 32.1. The number of aliphatic carboxylic acids is 1. The number of thiazole rings is 1. The van der Waals surface area contributed by atoms with Crippen LogP contribution >= 0.6 is 11.3 Å². The van der Waals surface area contributed by atoms with E-state index in [1.54, 1.807) is 59.9 Å². The molecule has 1 unspecified atom stereocenters. The minimum absolute atomic E-state index is 0.0390. The fraction of sp³-hybridized carbons (Fsp3) is 0.689. The van der Waals surface area contributed by atoms with E-state index >= 15 is 0 Å². The molecule has 17 nitrogen and oxygen atoms in total. The number of aliphatic hydroxyl groups excluding tert-OH is 1. The van der Waals surface area contributed by atoms with Crippen LogP contribution in [0, 0.1) is 57.7 Å². The van der Waals surface area contributed by atoms with Crippen molar-refractivity contribution in [3.05, 3.63) is 45.5 Å². The third-order valence-electron chi connectivity index (χ3n) is 19.7. The van der Waals surface area contributed by atoms with Crippen LogP contribution in [0.5, 0.6) is 5.75 Å². The van der Waals surface area contributed by atoms with Gasteiger partial charge in [-0.25, -0.2) is 14.6 Å². The van der Waals surface area contributed by atoms with E-state index in [9.17, 15) is 49.0 Å². The standard InChI is InChI=1S/C61H84N6O11S/c1-35(43-20-21-44-42-19-17-39-30-40(68)24-25-60(39,7)45(42)32-49-61(43,44)78-49)16-23-51(70)64-47(57(74)75)14-11-12-26-63-50(69)15-10-9-13-27-67(58(76)77-41-18-22-46-48(31-41)79-52(34-62)65-46)29-28-66(8)53(71)33-59(5,6)54-38(4)55(72)36(2)37(3)56(54)73/h18,22,31,35,39-40,42-45,47,49,68H,9-17,19-21,23-30,32-33H2,1-8H3,(H,63,69)(H,64,70)(H,74,75)/t35-,39-,40-,42+,43-,44+,45+,47?,49+,60+,61+/m1/s1. The minimum atomic E-state index is -1.08. The van der Waals surface area contributed by atoms with Crippen LogP contribution in [0.15, 0.2) is 40.5 Å². The van der Waals surface area contributed by atoms with Gasteiger partial charge < -0.3 is 40.1 Å². The number of epoxide rings is 1. The van der Waals surface area contributed by atoms with Crippen LogP contribution in [0.4, 0.5) is 4.79 Å². The molecule has 0 bridgehead atoms. The molecule has 1 aromatic carbocycles. The number of rotatable bonds is 24. The van der Waals surface area contributed by atoms with Crippen molar-refractivity contribution in [2.75, 3.05) is 33.2 Å². The minimum Gasteiger partial charge on any atom is -0.480 e. The Balaban J connectivity index is 0.739. The van der Waals surface area contributed by atoms with Gasteiger partial charge >= 0.3 is 12.1 Å². The number of aliphatic hydroxyl groups is 1. The van der Waals surface area contributed by atoms with Gasteiger partial charge in [0.25, 0.3) is 0 Å². The molecule has 4 saturated carbocycles. The summed E-state index contributed by atoms with van der Waals surface area (Å²) in [6.07, 6.45) is 12.4. The summed E-state index contributed by atoms with van der Waals surface area (Å²) in [4.78, 5) is 99.2. The second-order valence-corrected chi connectivity index (χ2v) is 26.0. The molecule has 5 aliphatic carbocycles. The lowest BCUT2D eigenvalue weighted by Gasteiger charge is -2.58. The molecule has 79 heavy (non-hydrogen) atoms. The highest BCUT2D eigenvalue weighted by molar-refractivity contribution is 7.19. The van der Waals surface area contributed by atoms with Crippen LogP contribution in [0.3, 0.4) is 0 Å². The van der Waals surface area contributed by atoms with Gasteiger partial charge in [-0.15, -0.1) is 11.3 Å². The quantitative estimate of drug-likeness (QED) is 0.0435. The molecular formula is C61H84N6O11S. The molecule has 4 N–H and O–H groups in total. The number of aromatic nitrogens is 1. The Bertz CT molecular complexity index is 2800. The fourth-order valence-electron chi connectivity index (χ4n) is 15.1. The van der Waals surface area contributed by atoms with Crippen molar-refractivity contribution in [1.82, 2.24) is 25.4 Å². The number of hydrogen-bond acceptors (Lipinski definition) is 13. The van der Waals surface area contributed by atoms with Crippen molar-refractivity contribution in [1.29, 1.82) is 5.26 Å². The number of ketones is 2. The maximum absolute atomic E-state index is 13.7. The molecule has 430 valence electrons. The van der Waals surface area contributed by atoms with Gasteiger partial charge in [0.2, 0.25) is 17.7 Å². The number of likely N-dealkylation sites (N-methyl/N-ethyl adjacent to an activating group) is 1. The van der Waals surface area contributed by atoms with Crippen LogP contribution in [-0.2, 0) is 33.5 Å². The van der Waals surface area contributed by atoms with E-state index in [1.807, 2.05) is 6.07 Å².